The summed E-state index contributed by atoms with van der Waals surface area (Å²) in [5.41, 5.74) is -0.583. The Bertz CT molecular complexity index is 192. The minimum atomic E-state index is -4.10. The highest BCUT2D eigenvalue weighted by molar-refractivity contribution is 4.85. The molecule has 1 atom stereocenters. The van der Waals surface area contributed by atoms with Crippen molar-refractivity contribution in [3.63, 3.8) is 0 Å². The molecule has 0 spiro atoms. The lowest BCUT2D eigenvalue weighted by Gasteiger charge is -2.34. The quantitative estimate of drug-likeness (QED) is 0.739. The average Bonchev–Trinajstić information content (AvgIpc) is 2.16. The molecule has 0 radical (unpaired) electrons. The largest absolute Gasteiger partial charge is 0.389 e. The van der Waals surface area contributed by atoms with Gasteiger partial charge in [0.2, 0.25) is 0 Å². The van der Waals surface area contributed by atoms with E-state index in [0.717, 1.165) is 6.42 Å². The molecule has 0 amide bonds. The second kappa shape index (κ2) is 6.45. The number of alkyl halides is 3. The summed E-state index contributed by atoms with van der Waals surface area (Å²) < 4.78 is 41.7. The standard InChI is InChI=1S/C11H22F3NO/c1-5-8-15-9(10(2,3)16-4)6-7-11(12,13)14/h9,15H,5-8H2,1-4H3. The van der Waals surface area contributed by atoms with Gasteiger partial charge in [0.15, 0.2) is 0 Å². The van der Waals surface area contributed by atoms with Crippen LogP contribution >= 0.6 is 0 Å². The van der Waals surface area contributed by atoms with Gasteiger partial charge in [-0.2, -0.15) is 13.2 Å². The van der Waals surface area contributed by atoms with E-state index in [1.165, 1.54) is 7.11 Å². The molecule has 0 rings (SSSR count). The van der Waals surface area contributed by atoms with Gasteiger partial charge in [-0.15, -0.1) is 0 Å². The topological polar surface area (TPSA) is 21.3 Å². The third kappa shape index (κ3) is 6.33. The van der Waals surface area contributed by atoms with E-state index in [1.54, 1.807) is 13.8 Å². The average molecular weight is 241 g/mol. The van der Waals surface area contributed by atoms with Crippen molar-refractivity contribution in [3.05, 3.63) is 0 Å². The molecule has 98 valence electrons. The van der Waals surface area contributed by atoms with E-state index in [1.807, 2.05) is 6.92 Å². The second-order valence-electron chi connectivity index (χ2n) is 4.47. The number of nitrogens with one attached hydrogen (secondary N) is 1. The van der Waals surface area contributed by atoms with E-state index in [4.69, 9.17) is 4.74 Å². The van der Waals surface area contributed by atoms with Crippen LogP contribution in [0.1, 0.15) is 40.0 Å². The monoisotopic (exact) mass is 241 g/mol. The van der Waals surface area contributed by atoms with E-state index >= 15 is 0 Å². The zero-order valence-corrected chi connectivity index (χ0v) is 10.4. The van der Waals surface area contributed by atoms with Gasteiger partial charge in [0.1, 0.15) is 0 Å². The van der Waals surface area contributed by atoms with Crippen LogP contribution in [0.5, 0.6) is 0 Å². The van der Waals surface area contributed by atoms with Crippen LogP contribution in [0.15, 0.2) is 0 Å². The molecule has 0 aromatic rings. The Balaban J connectivity index is 4.32. The molecule has 1 N–H and O–H groups in total. The first-order valence-electron chi connectivity index (χ1n) is 5.58. The number of hydrogen-bond acceptors (Lipinski definition) is 2. The van der Waals surface area contributed by atoms with E-state index in [9.17, 15) is 13.2 Å². The van der Waals surface area contributed by atoms with E-state index in [0.29, 0.717) is 6.54 Å². The third-order valence-corrected chi connectivity index (χ3v) is 2.72. The molecular formula is C11H22F3NO. The van der Waals surface area contributed by atoms with Gasteiger partial charge in [0.25, 0.3) is 0 Å². The first-order chi connectivity index (χ1) is 7.23. The first kappa shape index (κ1) is 15.7. The van der Waals surface area contributed by atoms with Crippen LogP contribution in [0.25, 0.3) is 0 Å². The number of hydrogen-bond donors (Lipinski definition) is 1. The van der Waals surface area contributed by atoms with Gasteiger partial charge < -0.3 is 10.1 Å². The minimum absolute atomic E-state index is 0.0460. The zero-order chi connectivity index (χ0) is 12.8. The summed E-state index contributed by atoms with van der Waals surface area (Å²) in [6.07, 6.45) is -3.94. The highest BCUT2D eigenvalue weighted by Crippen LogP contribution is 2.26. The van der Waals surface area contributed by atoms with Crippen molar-refractivity contribution in [1.29, 1.82) is 0 Å². The number of methoxy groups -OCH3 is 1. The maximum Gasteiger partial charge on any atom is 0.389 e. The summed E-state index contributed by atoms with van der Waals surface area (Å²) in [5, 5.41) is 3.11. The summed E-state index contributed by atoms with van der Waals surface area (Å²) in [6, 6.07) is -0.279. The number of rotatable bonds is 7. The maximum absolute atomic E-state index is 12.2. The van der Waals surface area contributed by atoms with Crippen molar-refractivity contribution in [2.24, 2.45) is 0 Å². The van der Waals surface area contributed by atoms with Crippen LogP contribution in [0.3, 0.4) is 0 Å². The predicted molar refractivity (Wildman–Crippen MR) is 58.5 cm³/mol. The van der Waals surface area contributed by atoms with Crippen molar-refractivity contribution in [1.82, 2.24) is 5.32 Å². The lowest BCUT2D eigenvalue weighted by atomic mass is 9.94. The van der Waals surface area contributed by atoms with Crippen LogP contribution < -0.4 is 5.32 Å². The fourth-order valence-electron chi connectivity index (χ4n) is 1.46. The molecule has 0 bridgehead atoms. The van der Waals surface area contributed by atoms with Gasteiger partial charge in [-0.1, -0.05) is 6.92 Å². The van der Waals surface area contributed by atoms with Crippen molar-refractivity contribution < 1.29 is 17.9 Å². The van der Waals surface area contributed by atoms with Gasteiger partial charge in [-0.25, -0.2) is 0 Å². The molecule has 16 heavy (non-hydrogen) atoms. The SMILES string of the molecule is CCCNC(CCC(F)(F)F)C(C)(C)OC. The Hall–Kier alpha value is -0.290. The van der Waals surface area contributed by atoms with Crippen molar-refractivity contribution in [2.75, 3.05) is 13.7 Å². The predicted octanol–water partition coefficient (Wildman–Crippen LogP) is 3.12. The smallest absolute Gasteiger partial charge is 0.377 e. The van der Waals surface area contributed by atoms with Crippen molar-refractivity contribution in [3.8, 4) is 0 Å². The summed E-state index contributed by atoms with van der Waals surface area (Å²) in [7, 11) is 1.52. The summed E-state index contributed by atoms with van der Waals surface area (Å²) in [6.45, 7) is 6.29. The fraction of sp³-hybridized carbons (Fsp3) is 1.00. The molecule has 5 heteroatoms. The van der Waals surface area contributed by atoms with E-state index < -0.39 is 18.2 Å². The van der Waals surface area contributed by atoms with Crippen molar-refractivity contribution >= 4 is 0 Å². The first-order valence-corrected chi connectivity index (χ1v) is 5.58. The van der Waals surface area contributed by atoms with Crippen LogP contribution in [0.2, 0.25) is 0 Å². The molecule has 0 aliphatic carbocycles. The zero-order valence-electron chi connectivity index (χ0n) is 10.4. The molecule has 0 aliphatic rings. The Morgan fingerprint density at radius 3 is 2.19 bits per heavy atom. The van der Waals surface area contributed by atoms with Crippen molar-refractivity contribution in [2.45, 2.75) is 57.9 Å². The molecule has 0 fully saturated rings. The highest BCUT2D eigenvalue weighted by Gasteiger charge is 2.34. The molecular weight excluding hydrogens is 219 g/mol. The summed E-state index contributed by atoms with van der Waals surface area (Å²) in [4.78, 5) is 0. The van der Waals surface area contributed by atoms with Gasteiger partial charge in [-0.3, -0.25) is 0 Å². The van der Waals surface area contributed by atoms with E-state index in [2.05, 4.69) is 5.32 Å². The molecule has 1 unspecified atom stereocenters. The van der Waals surface area contributed by atoms with Gasteiger partial charge in [0, 0.05) is 19.6 Å². The third-order valence-electron chi connectivity index (χ3n) is 2.72. The van der Waals surface area contributed by atoms with Crippen LogP contribution in [-0.4, -0.2) is 31.5 Å². The minimum Gasteiger partial charge on any atom is -0.377 e. The molecule has 0 heterocycles. The molecule has 0 aromatic heterocycles. The number of halogens is 3. The number of ether oxygens (including phenoxy) is 1. The Labute approximate surface area is 95.5 Å². The lowest BCUT2D eigenvalue weighted by Crippen LogP contribution is -2.48. The van der Waals surface area contributed by atoms with Gasteiger partial charge >= 0.3 is 6.18 Å². The highest BCUT2D eigenvalue weighted by atomic mass is 19.4. The molecule has 2 nitrogen and oxygen atoms in total. The Morgan fingerprint density at radius 1 is 1.25 bits per heavy atom. The van der Waals surface area contributed by atoms with Crippen LogP contribution in [0.4, 0.5) is 13.2 Å². The summed E-state index contributed by atoms with van der Waals surface area (Å²) in [5.74, 6) is 0. The normalized spacial score (nSPS) is 15.2. The fourth-order valence-corrected chi connectivity index (χ4v) is 1.46. The molecule has 0 aliphatic heterocycles. The van der Waals surface area contributed by atoms with Gasteiger partial charge in [0.05, 0.1) is 5.60 Å². The van der Waals surface area contributed by atoms with Crippen LogP contribution in [-0.2, 0) is 4.74 Å². The second-order valence-corrected chi connectivity index (χ2v) is 4.47. The maximum atomic E-state index is 12.2. The molecule has 0 saturated carbocycles. The molecule has 0 saturated heterocycles. The Kier molecular flexibility index (Phi) is 6.33. The Morgan fingerprint density at radius 2 is 1.81 bits per heavy atom. The molecule has 0 aromatic carbocycles. The van der Waals surface area contributed by atoms with E-state index in [-0.39, 0.29) is 12.5 Å². The lowest BCUT2D eigenvalue weighted by molar-refractivity contribution is -0.140. The van der Waals surface area contributed by atoms with Crippen LogP contribution in [0, 0.1) is 0 Å². The summed E-state index contributed by atoms with van der Waals surface area (Å²) >= 11 is 0. The van der Waals surface area contributed by atoms with Gasteiger partial charge in [-0.05, 0) is 33.2 Å².